The zero-order chi connectivity index (χ0) is 20.5. The number of esters is 1. The fourth-order valence-corrected chi connectivity index (χ4v) is 3.90. The number of carbonyl (C=O) groups excluding carboxylic acids is 4. The number of hydrogen-bond donors (Lipinski definition) is 1. The second-order valence-corrected chi connectivity index (χ2v) is 7.89. The monoisotopic (exact) mass is 442 g/mol. The van der Waals surface area contributed by atoms with Crippen LogP contribution in [0.5, 0.6) is 0 Å². The van der Waals surface area contributed by atoms with Crippen LogP contribution in [0.3, 0.4) is 0 Å². The zero-order valence-corrected chi connectivity index (χ0v) is 17.5. The average Bonchev–Trinajstić information content (AvgIpc) is 2.91. The van der Waals surface area contributed by atoms with Gasteiger partial charge in [-0.1, -0.05) is 29.8 Å². The summed E-state index contributed by atoms with van der Waals surface area (Å²) in [5.41, 5.74) is 0.654. The standard InChI is InChI=1S/C18H19ClN2O5S2/c1-2-26-16(23)11-27-10-15(22)20-7-8-21-17(24)14(28-18(21)25)9-12-5-3-4-6-13(12)19/h3-6,9H,2,7-8,10-11H2,1H3,(H,20,22)/b14-9-. The van der Waals surface area contributed by atoms with E-state index in [-0.39, 0.29) is 41.4 Å². The number of carbonyl (C=O) groups is 4. The van der Waals surface area contributed by atoms with E-state index in [0.29, 0.717) is 17.2 Å². The molecule has 0 aliphatic carbocycles. The van der Waals surface area contributed by atoms with Crippen LogP contribution in [0.2, 0.25) is 5.02 Å². The van der Waals surface area contributed by atoms with E-state index in [2.05, 4.69) is 5.32 Å². The first kappa shape index (κ1) is 22.3. The molecule has 10 heteroatoms. The van der Waals surface area contributed by atoms with Crippen LogP contribution in [0.25, 0.3) is 6.08 Å². The summed E-state index contributed by atoms with van der Waals surface area (Å²) in [6, 6.07) is 7.02. The Labute approximate surface area is 176 Å². The van der Waals surface area contributed by atoms with Crippen molar-refractivity contribution in [2.45, 2.75) is 6.92 Å². The first-order valence-electron chi connectivity index (χ1n) is 8.42. The van der Waals surface area contributed by atoms with E-state index in [9.17, 15) is 19.2 Å². The molecule has 7 nitrogen and oxygen atoms in total. The maximum Gasteiger partial charge on any atom is 0.315 e. The Morgan fingerprint density at radius 2 is 2.04 bits per heavy atom. The van der Waals surface area contributed by atoms with Gasteiger partial charge in [-0.25, -0.2) is 0 Å². The Morgan fingerprint density at radius 3 is 2.75 bits per heavy atom. The molecule has 0 aromatic heterocycles. The second kappa shape index (κ2) is 11.1. The molecule has 3 amide bonds. The minimum Gasteiger partial charge on any atom is -0.465 e. The van der Waals surface area contributed by atoms with Gasteiger partial charge in [0.15, 0.2) is 0 Å². The molecule has 28 heavy (non-hydrogen) atoms. The molecule has 1 aliphatic rings. The number of rotatable bonds is 9. The number of halogens is 1. The lowest BCUT2D eigenvalue weighted by Gasteiger charge is -2.12. The molecular formula is C18H19ClN2O5S2. The van der Waals surface area contributed by atoms with E-state index in [4.69, 9.17) is 16.3 Å². The van der Waals surface area contributed by atoms with Crippen LogP contribution in [0.15, 0.2) is 29.2 Å². The van der Waals surface area contributed by atoms with Crippen molar-refractivity contribution in [1.82, 2.24) is 10.2 Å². The molecule has 0 atom stereocenters. The molecule has 1 N–H and O–H groups in total. The maximum absolute atomic E-state index is 12.4. The molecule has 0 bridgehead atoms. The first-order valence-corrected chi connectivity index (χ1v) is 10.8. The summed E-state index contributed by atoms with van der Waals surface area (Å²) >= 11 is 8.05. The smallest absolute Gasteiger partial charge is 0.315 e. The van der Waals surface area contributed by atoms with Gasteiger partial charge in [0, 0.05) is 18.1 Å². The predicted molar refractivity (Wildman–Crippen MR) is 111 cm³/mol. The molecule has 1 aromatic carbocycles. The lowest BCUT2D eigenvalue weighted by atomic mass is 10.2. The van der Waals surface area contributed by atoms with Gasteiger partial charge in [0.2, 0.25) is 5.91 Å². The highest BCUT2D eigenvalue weighted by atomic mass is 35.5. The minimum absolute atomic E-state index is 0.0683. The highest BCUT2D eigenvalue weighted by Crippen LogP contribution is 2.33. The summed E-state index contributed by atoms with van der Waals surface area (Å²) in [5.74, 6) is -0.887. The summed E-state index contributed by atoms with van der Waals surface area (Å²) in [4.78, 5) is 48.8. The van der Waals surface area contributed by atoms with Crippen molar-refractivity contribution >= 4 is 64.2 Å². The van der Waals surface area contributed by atoms with Gasteiger partial charge in [-0.15, -0.1) is 11.8 Å². The van der Waals surface area contributed by atoms with Gasteiger partial charge in [0.1, 0.15) is 0 Å². The Morgan fingerprint density at radius 1 is 1.29 bits per heavy atom. The van der Waals surface area contributed by atoms with Gasteiger partial charge in [0.25, 0.3) is 11.1 Å². The van der Waals surface area contributed by atoms with Gasteiger partial charge in [0.05, 0.1) is 23.0 Å². The number of amides is 3. The molecule has 1 aliphatic heterocycles. The van der Waals surface area contributed by atoms with Crippen molar-refractivity contribution in [2.24, 2.45) is 0 Å². The van der Waals surface area contributed by atoms with Gasteiger partial charge in [-0.3, -0.25) is 24.1 Å². The van der Waals surface area contributed by atoms with E-state index in [1.54, 1.807) is 37.3 Å². The molecule has 0 spiro atoms. The Balaban J connectivity index is 1.79. The molecule has 1 heterocycles. The number of nitrogens with one attached hydrogen (secondary N) is 1. The number of hydrogen-bond acceptors (Lipinski definition) is 7. The lowest BCUT2D eigenvalue weighted by Crippen LogP contribution is -2.37. The lowest BCUT2D eigenvalue weighted by molar-refractivity contribution is -0.139. The average molecular weight is 443 g/mol. The van der Waals surface area contributed by atoms with Gasteiger partial charge in [-0.2, -0.15) is 0 Å². The highest BCUT2D eigenvalue weighted by Gasteiger charge is 2.34. The Bertz CT molecular complexity index is 800. The van der Waals surface area contributed by atoms with Crippen LogP contribution < -0.4 is 5.32 Å². The van der Waals surface area contributed by atoms with E-state index < -0.39 is 11.1 Å². The summed E-state index contributed by atoms with van der Waals surface area (Å²) in [6.07, 6.45) is 1.58. The van der Waals surface area contributed by atoms with E-state index >= 15 is 0 Å². The third-order valence-electron chi connectivity index (χ3n) is 3.48. The fraction of sp³-hybridized carbons (Fsp3) is 0.333. The minimum atomic E-state index is -0.416. The van der Waals surface area contributed by atoms with Crippen molar-refractivity contribution in [3.8, 4) is 0 Å². The first-order chi connectivity index (χ1) is 13.4. The van der Waals surface area contributed by atoms with Crippen LogP contribution in [0.4, 0.5) is 4.79 Å². The summed E-state index contributed by atoms with van der Waals surface area (Å²) in [6.45, 7) is 2.22. The Kier molecular flexibility index (Phi) is 8.88. The quantitative estimate of drug-likeness (QED) is 0.464. The number of ether oxygens (including phenoxy) is 1. The van der Waals surface area contributed by atoms with Gasteiger partial charge < -0.3 is 10.1 Å². The second-order valence-electron chi connectivity index (χ2n) is 5.50. The molecular weight excluding hydrogens is 424 g/mol. The topological polar surface area (TPSA) is 92.8 Å². The van der Waals surface area contributed by atoms with Gasteiger partial charge in [-0.05, 0) is 36.4 Å². The molecule has 0 saturated carbocycles. The Hall–Kier alpha value is -1.97. The van der Waals surface area contributed by atoms with E-state index in [1.165, 1.54) is 0 Å². The number of nitrogens with zero attached hydrogens (tertiary/aromatic N) is 1. The largest absolute Gasteiger partial charge is 0.465 e. The van der Waals surface area contributed by atoms with Crippen LogP contribution in [-0.2, 0) is 19.1 Å². The number of benzene rings is 1. The van der Waals surface area contributed by atoms with Crippen LogP contribution in [0, 0.1) is 0 Å². The SMILES string of the molecule is CCOC(=O)CSCC(=O)NCCN1C(=O)S/C(=C\c2ccccc2Cl)C1=O. The molecule has 1 fully saturated rings. The van der Waals surface area contributed by atoms with Crippen molar-refractivity contribution in [2.75, 3.05) is 31.2 Å². The predicted octanol–water partition coefficient (Wildman–Crippen LogP) is 2.79. The van der Waals surface area contributed by atoms with Gasteiger partial charge >= 0.3 is 5.97 Å². The summed E-state index contributed by atoms with van der Waals surface area (Å²) in [7, 11) is 0. The molecule has 2 rings (SSSR count). The van der Waals surface area contributed by atoms with Crippen molar-refractivity contribution in [1.29, 1.82) is 0 Å². The normalized spacial score (nSPS) is 15.2. The van der Waals surface area contributed by atoms with Crippen LogP contribution in [-0.4, -0.2) is 59.1 Å². The van der Waals surface area contributed by atoms with E-state index in [0.717, 1.165) is 28.4 Å². The highest BCUT2D eigenvalue weighted by molar-refractivity contribution is 8.18. The molecule has 1 aromatic rings. The summed E-state index contributed by atoms with van der Waals surface area (Å²) < 4.78 is 4.77. The molecule has 0 radical (unpaired) electrons. The third-order valence-corrected chi connectivity index (χ3v) is 5.64. The number of thioether (sulfide) groups is 2. The van der Waals surface area contributed by atoms with Crippen molar-refractivity contribution in [3.63, 3.8) is 0 Å². The fourth-order valence-electron chi connectivity index (χ4n) is 2.21. The van der Waals surface area contributed by atoms with Crippen LogP contribution >= 0.6 is 35.1 Å². The maximum atomic E-state index is 12.4. The zero-order valence-electron chi connectivity index (χ0n) is 15.1. The molecule has 1 saturated heterocycles. The molecule has 0 unspecified atom stereocenters. The van der Waals surface area contributed by atoms with Crippen molar-refractivity contribution < 1.29 is 23.9 Å². The van der Waals surface area contributed by atoms with E-state index in [1.807, 2.05) is 0 Å². The number of imide groups is 1. The summed E-state index contributed by atoms with van der Waals surface area (Å²) in [5, 5.41) is 2.72. The molecule has 150 valence electrons. The van der Waals surface area contributed by atoms with Crippen molar-refractivity contribution in [3.05, 3.63) is 39.8 Å². The third kappa shape index (κ3) is 6.57. The van der Waals surface area contributed by atoms with Crippen LogP contribution in [0.1, 0.15) is 12.5 Å².